The van der Waals surface area contributed by atoms with Crippen molar-refractivity contribution in [1.29, 1.82) is 0 Å². The van der Waals surface area contributed by atoms with Gasteiger partial charge in [0.25, 0.3) is 0 Å². The summed E-state index contributed by atoms with van der Waals surface area (Å²) in [6, 6.07) is 49.2. The molecule has 0 N–H and O–H groups in total. The van der Waals surface area contributed by atoms with Crippen molar-refractivity contribution in [2.24, 2.45) is 0 Å². The van der Waals surface area contributed by atoms with Crippen molar-refractivity contribution in [3.05, 3.63) is 174 Å². The van der Waals surface area contributed by atoms with Crippen LogP contribution in [-0.4, -0.2) is 9.13 Å². The normalized spacial score (nSPS) is 13.5. The zero-order valence-electron chi connectivity index (χ0n) is 27.3. The van der Waals surface area contributed by atoms with Crippen LogP contribution in [-0.2, 0) is 12.6 Å². The molecule has 0 amide bonds. The molecule has 0 spiro atoms. The maximum absolute atomic E-state index is 14.6. The summed E-state index contributed by atoms with van der Waals surface area (Å²) in [7, 11) is 0. The fraction of sp³-hybridized carbons (Fsp3) is 0.0909. The molecular formula is C44H32F3N3. The molecule has 0 unspecified atom stereocenters. The lowest BCUT2D eigenvalue weighted by molar-refractivity contribution is -0.137. The summed E-state index contributed by atoms with van der Waals surface area (Å²) in [5, 5.41) is 2.84. The number of alkyl halides is 3. The third kappa shape index (κ3) is 4.59. The number of rotatable bonds is 5. The number of hydrogen-bond donors (Lipinski definition) is 0. The Kier molecular flexibility index (Phi) is 6.95. The number of fused-ring (bicyclic) bond motifs is 6. The number of hydrogen-bond acceptors (Lipinski definition) is 1. The highest BCUT2D eigenvalue weighted by molar-refractivity contribution is 6.17. The Hall–Kier alpha value is -6.01. The Labute approximate surface area is 287 Å². The summed E-state index contributed by atoms with van der Waals surface area (Å²) in [6.07, 6.45) is -2.94. The molecule has 244 valence electrons. The first-order valence-corrected chi connectivity index (χ1v) is 16.9. The van der Waals surface area contributed by atoms with Gasteiger partial charge in [0, 0.05) is 34.0 Å². The predicted molar refractivity (Wildman–Crippen MR) is 199 cm³/mol. The Balaban J connectivity index is 1.45. The average Bonchev–Trinajstić information content (AvgIpc) is 3.65. The summed E-state index contributed by atoms with van der Waals surface area (Å²) < 4.78 is 47.8. The molecule has 6 aromatic carbocycles. The van der Waals surface area contributed by atoms with Gasteiger partial charge in [-0.1, -0.05) is 104 Å². The van der Waals surface area contributed by atoms with Crippen LogP contribution in [0.3, 0.4) is 0 Å². The van der Waals surface area contributed by atoms with E-state index in [4.69, 9.17) is 0 Å². The second kappa shape index (κ2) is 11.6. The van der Waals surface area contributed by atoms with Gasteiger partial charge in [-0.2, -0.15) is 13.2 Å². The molecule has 0 aliphatic carbocycles. The Morgan fingerprint density at radius 1 is 0.560 bits per heavy atom. The molecule has 6 heteroatoms. The Morgan fingerprint density at radius 3 is 1.86 bits per heavy atom. The fourth-order valence-electron chi connectivity index (χ4n) is 7.85. The largest absolute Gasteiger partial charge is 0.418 e. The van der Waals surface area contributed by atoms with Crippen LogP contribution < -0.4 is 4.90 Å². The van der Waals surface area contributed by atoms with Gasteiger partial charge in [-0.15, -0.1) is 0 Å². The lowest BCUT2D eigenvalue weighted by Gasteiger charge is -2.35. The Bertz CT molecular complexity index is 2580. The minimum absolute atomic E-state index is 0.111. The van der Waals surface area contributed by atoms with E-state index in [-0.39, 0.29) is 5.69 Å². The van der Waals surface area contributed by atoms with Crippen LogP contribution in [0.4, 0.5) is 24.5 Å². The molecule has 9 rings (SSSR count). The molecule has 3 heterocycles. The van der Waals surface area contributed by atoms with Crippen molar-refractivity contribution in [1.82, 2.24) is 9.13 Å². The van der Waals surface area contributed by atoms with Gasteiger partial charge in [-0.25, -0.2) is 0 Å². The van der Waals surface area contributed by atoms with Crippen LogP contribution in [0.15, 0.2) is 157 Å². The fourth-order valence-corrected chi connectivity index (χ4v) is 7.85. The predicted octanol–water partition coefficient (Wildman–Crippen LogP) is 12.3. The van der Waals surface area contributed by atoms with Crippen LogP contribution in [0.1, 0.15) is 30.2 Å². The molecule has 0 fully saturated rings. The molecule has 2 aromatic heterocycles. The molecule has 50 heavy (non-hydrogen) atoms. The smallest absolute Gasteiger partial charge is 0.311 e. The number of benzene rings is 6. The quantitative estimate of drug-likeness (QED) is 0.179. The van der Waals surface area contributed by atoms with E-state index in [0.717, 1.165) is 73.9 Å². The molecule has 3 nitrogen and oxygen atoms in total. The molecule has 1 aliphatic heterocycles. The maximum Gasteiger partial charge on any atom is 0.418 e. The SMILES string of the molecule is CCC1=C(c2ccccc2)N(c2ccccc2)c2c(n(-c3ccccc3)c3cc4c(cc23)c2ccccc2n4-c2ccccc2C(F)(F)F)C1. The summed E-state index contributed by atoms with van der Waals surface area (Å²) in [6.45, 7) is 2.21. The van der Waals surface area contributed by atoms with Gasteiger partial charge in [-0.05, 0) is 72.2 Å². The second-order valence-corrected chi connectivity index (χ2v) is 12.7. The highest BCUT2D eigenvalue weighted by atomic mass is 19.4. The van der Waals surface area contributed by atoms with Gasteiger partial charge in [0.15, 0.2) is 0 Å². The van der Waals surface area contributed by atoms with Crippen molar-refractivity contribution in [3.8, 4) is 11.4 Å². The number of para-hydroxylation sites is 4. The lowest BCUT2D eigenvalue weighted by atomic mass is 9.93. The van der Waals surface area contributed by atoms with Crippen molar-refractivity contribution >= 4 is 49.8 Å². The molecule has 0 bridgehead atoms. The van der Waals surface area contributed by atoms with Gasteiger partial charge in [0.05, 0.1) is 44.9 Å². The van der Waals surface area contributed by atoms with E-state index in [2.05, 4.69) is 89.2 Å². The van der Waals surface area contributed by atoms with Crippen molar-refractivity contribution < 1.29 is 13.2 Å². The summed E-state index contributed by atoms with van der Waals surface area (Å²) in [5.41, 5.74) is 9.73. The molecular weight excluding hydrogens is 627 g/mol. The minimum atomic E-state index is -4.52. The van der Waals surface area contributed by atoms with E-state index >= 15 is 0 Å². The van der Waals surface area contributed by atoms with Crippen molar-refractivity contribution in [2.45, 2.75) is 25.9 Å². The third-order valence-corrected chi connectivity index (χ3v) is 9.95. The average molecular weight is 660 g/mol. The number of aromatic nitrogens is 2. The number of halogens is 3. The summed E-state index contributed by atoms with van der Waals surface area (Å²) in [4.78, 5) is 2.40. The second-order valence-electron chi connectivity index (χ2n) is 12.7. The van der Waals surface area contributed by atoms with E-state index in [9.17, 15) is 13.2 Å². The van der Waals surface area contributed by atoms with Crippen LogP contribution in [0.5, 0.6) is 0 Å². The number of nitrogens with zero attached hydrogens (tertiary/aromatic N) is 3. The van der Waals surface area contributed by atoms with Crippen LogP contribution >= 0.6 is 0 Å². The van der Waals surface area contributed by atoms with E-state index in [1.165, 1.54) is 23.4 Å². The van der Waals surface area contributed by atoms with E-state index in [1.807, 2.05) is 54.6 Å². The standard InChI is InChI=1S/C44H32F3N3/c1-2-29-26-41-43(49(32-20-10-5-11-21-32)42(29)30-16-6-3-7-17-30)35-27-34-33-22-12-14-24-37(33)50(38-25-15-13-23-36(38)44(45,46)47)39(34)28-40(35)48(41)31-18-8-4-9-19-31/h3-25,27-28H,2,26H2,1H3. The van der Waals surface area contributed by atoms with Gasteiger partial charge in [0.2, 0.25) is 0 Å². The van der Waals surface area contributed by atoms with Gasteiger partial charge in [-0.3, -0.25) is 0 Å². The molecule has 0 saturated heterocycles. The minimum Gasteiger partial charge on any atom is -0.311 e. The number of allylic oxidation sites excluding steroid dienone is 1. The van der Waals surface area contributed by atoms with Crippen LogP contribution in [0, 0.1) is 0 Å². The third-order valence-electron chi connectivity index (χ3n) is 9.95. The lowest BCUT2D eigenvalue weighted by Crippen LogP contribution is -2.24. The van der Waals surface area contributed by atoms with E-state index < -0.39 is 11.7 Å². The van der Waals surface area contributed by atoms with Crippen LogP contribution in [0.25, 0.3) is 49.8 Å². The maximum atomic E-state index is 14.6. The van der Waals surface area contributed by atoms with Gasteiger partial charge in [0.1, 0.15) is 0 Å². The molecule has 0 radical (unpaired) electrons. The summed E-state index contributed by atoms with van der Waals surface area (Å²) >= 11 is 0. The van der Waals surface area contributed by atoms with Gasteiger partial charge < -0.3 is 14.0 Å². The van der Waals surface area contributed by atoms with Crippen molar-refractivity contribution in [2.75, 3.05) is 4.90 Å². The monoisotopic (exact) mass is 659 g/mol. The van der Waals surface area contributed by atoms with Crippen LogP contribution in [0.2, 0.25) is 0 Å². The molecule has 0 atom stereocenters. The van der Waals surface area contributed by atoms with Gasteiger partial charge >= 0.3 is 6.18 Å². The zero-order valence-corrected chi connectivity index (χ0v) is 27.3. The highest BCUT2D eigenvalue weighted by Crippen LogP contribution is 2.51. The first-order valence-electron chi connectivity index (χ1n) is 16.9. The van der Waals surface area contributed by atoms with E-state index in [0.29, 0.717) is 0 Å². The summed E-state index contributed by atoms with van der Waals surface area (Å²) in [5.74, 6) is 0. The molecule has 1 aliphatic rings. The zero-order chi connectivity index (χ0) is 34.0. The molecule has 8 aromatic rings. The first kappa shape index (κ1) is 30.1. The van der Waals surface area contributed by atoms with E-state index in [1.54, 1.807) is 16.7 Å². The topological polar surface area (TPSA) is 13.1 Å². The first-order chi connectivity index (χ1) is 24.4. The highest BCUT2D eigenvalue weighted by Gasteiger charge is 2.36. The molecule has 0 saturated carbocycles. The Morgan fingerprint density at radius 2 is 1.16 bits per heavy atom. The van der Waals surface area contributed by atoms with Crippen molar-refractivity contribution in [3.63, 3.8) is 0 Å². The number of anilines is 2.